The van der Waals surface area contributed by atoms with E-state index in [1.54, 1.807) is 42.5 Å². The highest BCUT2D eigenvalue weighted by Gasteiger charge is 2.29. The van der Waals surface area contributed by atoms with Crippen LogP contribution in [0.4, 0.5) is 0 Å². The summed E-state index contributed by atoms with van der Waals surface area (Å²) in [5, 5.41) is 4.36. The molecular weight excluding hydrogens is 459 g/mol. The summed E-state index contributed by atoms with van der Waals surface area (Å²) in [5.74, 6) is -0.0496. The maximum Gasteiger partial charge on any atom is 0.261 e. The van der Waals surface area contributed by atoms with Gasteiger partial charge in [-0.15, -0.1) is 0 Å². The first-order valence-corrected chi connectivity index (χ1v) is 11.4. The predicted octanol–water partition coefficient (Wildman–Crippen LogP) is 5.75. The Hall–Kier alpha value is -1.95. The lowest BCUT2D eigenvalue weighted by Crippen LogP contribution is -2.50. The van der Waals surface area contributed by atoms with Crippen LogP contribution in [-0.4, -0.2) is 35.9 Å². The number of unbranched alkanes of at least 4 members (excludes halogenated alkanes) is 1. The highest BCUT2D eigenvalue weighted by Crippen LogP contribution is 2.24. The largest absolute Gasteiger partial charge is 0.484 e. The van der Waals surface area contributed by atoms with E-state index in [0.29, 0.717) is 39.3 Å². The van der Waals surface area contributed by atoms with Crippen LogP contribution in [0.5, 0.6) is 5.75 Å². The normalized spacial score (nSPS) is 11.6. The summed E-state index contributed by atoms with van der Waals surface area (Å²) >= 11 is 18.3. The van der Waals surface area contributed by atoms with Crippen molar-refractivity contribution in [2.75, 3.05) is 13.2 Å². The quantitative estimate of drug-likeness (QED) is 0.412. The summed E-state index contributed by atoms with van der Waals surface area (Å²) in [4.78, 5) is 27.5. The summed E-state index contributed by atoms with van der Waals surface area (Å²) in [6.07, 6.45) is 2.29. The number of hydrogen-bond donors (Lipinski definition) is 1. The van der Waals surface area contributed by atoms with Crippen molar-refractivity contribution >= 4 is 46.6 Å². The van der Waals surface area contributed by atoms with Crippen LogP contribution >= 0.6 is 34.8 Å². The summed E-state index contributed by atoms with van der Waals surface area (Å²) in [6, 6.07) is 11.2. The van der Waals surface area contributed by atoms with Crippen LogP contribution < -0.4 is 10.1 Å². The van der Waals surface area contributed by atoms with Gasteiger partial charge in [0, 0.05) is 28.2 Å². The van der Waals surface area contributed by atoms with Crippen LogP contribution in [0, 0.1) is 0 Å². The molecule has 0 aliphatic heterocycles. The molecular formula is C23H27Cl3N2O3. The zero-order valence-corrected chi connectivity index (χ0v) is 19.9. The zero-order chi connectivity index (χ0) is 22.8. The van der Waals surface area contributed by atoms with Crippen molar-refractivity contribution in [1.29, 1.82) is 0 Å². The Bertz CT molecular complexity index is 892. The Balaban J connectivity index is 2.22. The lowest BCUT2D eigenvalue weighted by atomic mass is 10.1. The van der Waals surface area contributed by atoms with Crippen molar-refractivity contribution in [1.82, 2.24) is 10.2 Å². The summed E-state index contributed by atoms with van der Waals surface area (Å²) in [6.45, 7) is 4.41. The minimum absolute atomic E-state index is 0.160. The van der Waals surface area contributed by atoms with Gasteiger partial charge in [0.2, 0.25) is 5.91 Å². The molecule has 0 radical (unpaired) electrons. The second kappa shape index (κ2) is 12.8. The Kier molecular flexibility index (Phi) is 10.4. The fraction of sp³-hybridized carbons (Fsp3) is 0.391. The van der Waals surface area contributed by atoms with Gasteiger partial charge in [0.15, 0.2) is 6.61 Å². The molecule has 2 aromatic rings. The molecule has 0 saturated carbocycles. The SMILES string of the molecule is CCCCNC(=O)C(CC)N(Cc1ccc(Cl)cc1Cl)C(=O)COc1cccc(Cl)c1. The van der Waals surface area contributed by atoms with E-state index in [9.17, 15) is 9.59 Å². The molecule has 1 atom stereocenters. The van der Waals surface area contributed by atoms with E-state index in [0.717, 1.165) is 12.8 Å². The van der Waals surface area contributed by atoms with E-state index < -0.39 is 6.04 Å². The van der Waals surface area contributed by atoms with E-state index in [1.807, 2.05) is 6.92 Å². The first-order chi connectivity index (χ1) is 14.8. The monoisotopic (exact) mass is 484 g/mol. The lowest BCUT2D eigenvalue weighted by molar-refractivity contribution is -0.143. The van der Waals surface area contributed by atoms with E-state index in [4.69, 9.17) is 39.5 Å². The molecule has 0 spiro atoms. The van der Waals surface area contributed by atoms with Crippen LogP contribution in [0.25, 0.3) is 0 Å². The van der Waals surface area contributed by atoms with Crippen molar-refractivity contribution in [2.45, 2.75) is 45.7 Å². The second-order valence-corrected chi connectivity index (χ2v) is 8.35. The maximum atomic E-state index is 13.1. The predicted molar refractivity (Wildman–Crippen MR) is 126 cm³/mol. The van der Waals surface area contributed by atoms with Gasteiger partial charge in [-0.2, -0.15) is 0 Å². The average Bonchev–Trinajstić information content (AvgIpc) is 2.73. The van der Waals surface area contributed by atoms with Crippen LogP contribution in [0.2, 0.25) is 15.1 Å². The molecule has 2 amide bonds. The Morgan fingerprint density at radius 3 is 2.45 bits per heavy atom. The molecule has 1 N–H and O–H groups in total. The van der Waals surface area contributed by atoms with Gasteiger partial charge in [-0.25, -0.2) is 0 Å². The van der Waals surface area contributed by atoms with E-state index in [2.05, 4.69) is 12.2 Å². The van der Waals surface area contributed by atoms with Crippen molar-refractivity contribution in [3.8, 4) is 5.75 Å². The van der Waals surface area contributed by atoms with Gasteiger partial charge in [-0.1, -0.05) is 67.2 Å². The Morgan fingerprint density at radius 1 is 1.06 bits per heavy atom. The highest BCUT2D eigenvalue weighted by atomic mass is 35.5. The third-order valence-electron chi connectivity index (χ3n) is 4.73. The number of nitrogens with zero attached hydrogens (tertiary/aromatic N) is 1. The first-order valence-electron chi connectivity index (χ1n) is 10.2. The lowest BCUT2D eigenvalue weighted by Gasteiger charge is -2.31. The number of carbonyl (C=O) groups is 2. The number of nitrogens with one attached hydrogen (secondary N) is 1. The number of rotatable bonds is 11. The number of halogens is 3. The van der Waals surface area contributed by atoms with Crippen molar-refractivity contribution < 1.29 is 14.3 Å². The molecule has 0 heterocycles. The third kappa shape index (κ3) is 7.91. The summed E-state index contributed by atoms with van der Waals surface area (Å²) in [5.41, 5.74) is 0.696. The topological polar surface area (TPSA) is 58.6 Å². The number of amides is 2. The summed E-state index contributed by atoms with van der Waals surface area (Å²) < 4.78 is 5.63. The molecule has 0 aromatic heterocycles. The molecule has 0 fully saturated rings. The van der Waals surface area contributed by atoms with Gasteiger partial charge < -0.3 is 15.0 Å². The van der Waals surface area contributed by atoms with Crippen LogP contribution in [-0.2, 0) is 16.1 Å². The van der Waals surface area contributed by atoms with Gasteiger partial charge in [0.05, 0.1) is 0 Å². The standard InChI is InChI=1S/C23H27Cl3N2O3/c1-3-5-11-27-23(30)21(4-2)28(14-16-9-10-18(25)13-20(16)26)22(29)15-31-19-8-6-7-17(24)12-19/h6-10,12-13,21H,3-5,11,14-15H2,1-2H3,(H,27,30). The summed E-state index contributed by atoms with van der Waals surface area (Å²) in [7, 11) is 0. The minimum Gasteiger partial charge on any atom is -0.484 e. The molecule has 0 aliphatic rings. The number of benzene rings is 2. The van der Waals surface area contributed by atoms with Crippen LogP contribution in [0.1, 0.15) is 38.7 Å². The second-order valence-electron chi connectivity index (χ2n) is 7.07. The fourth-order valence-corrected chi connectivity index (χ4v) is 3.69. The average molecular weight is 486 g/mol. The van der Waals surface area contributed by atoms with Gasteiger partial charge in [0.1, 0.15) is 11.8 Å². The zero-order valence-electron chi connectivity index (χ0n) is 17.7. The number of ether oxygens (including phenoxy) is 1. The number of carbonyl (C=O) groups excluding carboxylic acids is 2. The third-order valence-corrected chi connectivity index (χ3v) is 5.55. The smallest absolute Gasteiger partial charge is 0.261 e. The molecule has 2 rings (SSSR count). The van der Waals surface area contributed by atoms with E-state index in [1.165, 1.54) is 4.90 Å². The van der Waals surface area contributed by atoms with Crippen molar-refractivity contribution in [3.63, 3.8) is 0 Å². The first kappa shape index (κ1) is 25.3. The molecule has 0 bridgehead atoms. The van der Waals surface area contributed by atoms with Gasteiger partial charge in [0.25, 0.3) is 5.91 Å². The highest BCUT2D eigenvalue weighted by molar-refractivity contribution is 6.35. The molecule has 8 heteroatoms. The molecule has 0 aliphatic carbocycles. The van der Waals surface area contributed by atoms with Gasteiger partial charge in [-0.3, -0.25) is 9.59 Å². The minimum atomic E-state index is -0.654. The van der Waals surface area contributed by atoms with Crippen molar-refractivity contribution in [3.05, 3.63) is 63.1 Å². The Morgan fingerprint density at radius 2 is 1.81 bits per heavy atom. The van der Waals surface area contributed by atoms with E-state index in [-0.39, 0.29) is 25.0 Å². The maximum absolute atomic E-state index is 13.1. The van der Waals surface area contributed by atoms with Gasteiger partial charge >= 0.3 is 0 Å². The van der Waals surface area contributed by atoms with Crippen LogP contribution in [0.3, 0.4) is 0 Å². The molecule has 31 heavy (non-hydrogen) atoms. The molecule has 168 valence electrons. The fourth-order valence-electron chi connectivity index (χ4n) is 3.04. The van der Waals surface area contributed by atoms with E-state index >= 15 is 0 Å². The van der Waals surface area contributed by atoms with Gasteiger partial charge in [-0.05, 0) is 48.7 Å². The Labute approximate surface area is 198 Å². The molecule has 0 saturated heterocycles. The number of hydrogen-bond acceptors (Lipinski definition) is 3. The van der Waals surface area contributed by atoms with Crippen molar-refractivity contribution in [2.24, 2.45) is 0 Å². The van der Waals surface area contributed by atoms with Crippen LogP contribution in [0.15, 0.2) is 42.5 Å². The molecule has 5 nitrogen and oxygen atoms in total. The molecule has 2 aromatic carbocycles. The molecule has 1 unspecified atom stereocenters.